The highest BCUT2D eigenvalue weighted by molar-refractivity contribution is 6.17. The van der Waals surface area contributed by atoms with Gasteiger partial charge in [-0.05, 0) is 44.1 Å². The first-order valence-electron chi connectivity index (χ1n) is 9.98. The minimum atomic E-state index is -1.40. The van der Waals surface area contributed by atoms with E-state index in [1.807, 2.05) is 25.1 Å². The quantitative estimate of drug-likeness (QED) is 0.305. The van der Waals surface area contributed by atoms with Crippen molar-refractivity contribution in [3.63, 3.8) is 0 Å². The summed E-state index contributed by atoms with van der Waals surface area (Å²) in [6, 6.07) is 1.81. The zero-order valence-electron chi connectivity index (χ0n) is 16.7. The van der Waals surface area contributed by atoms with Crippen LogP contribution in [0.4, 0.5) is 0 Å². The van der Waals surface area contributed by atoms with Gasteiger partial charge in [0.25, 0.3) is 0 Å². The number of aromatic nitrogens is 1. The van der Waals surface area contributed by atoms with Crippen LogP contribution in [0, 0.1) is 0 Å². The number of esters is 1. The smallest absolute Gasteiger partial charge is 0.343 e. The van der Waals surface area contributed by atoms with Crippen molar-refractivity contribution in [2.24, 2.45) is 0 Å². The van der Waals surface area contributed by atoms with Gasteiger partial charge in [-0.1, -0.05) is 38.7 Å². The Bertz CT molecular complexity index is 894. The molecule has 5 nitrogen and oxygen atoms in total. The molecule has 0 aromatic carbocycles. The second-order valence-corrected chi connectivity index (χ2v) is 7.49. The van der Waals surface area contributed by atoms with E-state index >= 15 is 0 Å². The largest absolute Gasteiger partial charge is 0.511 e. The van der Waals surface area contributed by atoms with E-state index < -0.39 is 11.6 Å². The lowest BCUT2D eigenvalue weighted by atomic mass is 9.78. The molecule has 1 aliphatic heterocycles. The zero-order chi connectivity index (χ0) is 20.3. The predicted octanol–water partition coefficient (Wildman–Crippen LogP) is 5.18. The molecule has 1 saturated heterocycles. The number of rotatable bonds is 7. The third-order valence-corrected chi connectivity index (χ3v) is 5.36. The maximum Gasteiger partial charge on any atom is 0.343 e. The van der Waals surface area contributed by atoms with Gasteiger partial charge in [-0.3, -0.25) is 9.78 Å². The first-order valence-corrected chi connectivity index (χ1v) is 9.98. The van der Waals surface area contributed by atoms with Gasteiger partial charge in [-0.15, -0.1) is 0 Å². The maximum atomic E-state index is 13.1. The van der Waals surface area contributed by atoms with Crippen LogP contribution in [0.15, 0.2) is 35.2 Å². The molecule has 1 aromatic rings. The summed E-state index contributed by atoms with van der Waals surface area (Å²) in [5.41, 5.74) is 1.02. The van der Waals surface area contributed by atoms with Gasteiger partial charge in [0, 0.05) is 23.8 Å². The second kappa shape index (κ2) is 8.13. The topological polar surface area (TPSA) is 76.5 Å². The molecule has 1 atom stereocenters. The Balaban J connectivity index is 1.97. The molecule has 1 aromatic heterocycles. The fraction of sp³-hybridized carbons (Fsp3) is 0.435. The van der Waals surface area contributed by atoms with Crippen LogP contribution in [-0.2, 0) is 9.53 Å². The number of aliphatic hydroxyl groups excluding tert-OH is 1. The number of ether oxygens (including phenoxy) is 1. The Kier molecular flexibility index (Phi) is 5.82. The minimum Gasteiger partial charge on any atom is -0.511 e. The van der Waals surface area contributed by atoms with E-state index in [0.717, 1.165) is 37.8 Å². The highest BCUT2D eigenvalue weighted by Crippen LogP contribution is 2.45. The summed E-state index contributed by atoms with van der Waals surface area (Å²) in [6.07, 6.45) is 12.6. The third kappa shape index (κ3) is 3.53. The highest BCUT2D eigenvalue weighted by Gasteiger charge is 2.54. The highest BCUT2D eigenvalue weighted by atomic mass is 16.6. The number of nitrogens with zero attached hydrogens (tertiary/aromatic N) is 1. The minimum absolute atomic E-state index is 0.00968. The summed E-state index contributed by atoms with van der Waals surface area (Å²) in [7, 11) is 0. The monoisotopic (exact) mass is 381 g/mol. The van der Waals surface area contributed by atoms with Gasteiger partial charge in [-0.25, -0.2) is 4.79 Å². The molecule has 1 fully saturated rings. The lowest BCUT2D eigenvalue weighted by Gasteiger charge is -2.27. The number of allylic oxidation sites excluding steroid dienone is 2. The van der Waals surface area contributed by atoms with Crippen molar-refractivity contribution in [3.05, 3.63) is 52.1 Å². The molecule has 0 saturated carbocycles. The number of fused-ring (bicyclic) bond motifs is 2. The summed E-state index contributed by atoms with van der Waals surface area (Å²) < 4.78 is 5.46. The number of ketones is 1. The van der Waals surface area contributed by atoms with Crippen molar-refractivity contribution in [1.82, 2.24) is 4.98 Å². The molecule has 1 N–H and O–H groups in total. The van der Waals surface area contributed by atoms with Crippen molar-refractivity contribution < 1.29 is 19.4 Å². The zero-order valence-corrected chi connectivity index (χ0v) is 16.7. The maximum absolute atomic E-state index is 13.1. The normalized spacial score (nSPS) is 22.8. The van der Waals surface area contributed by atoms with E-state index in [9.17, 15) is 14.7 Å². The van der Waals surface area contributed by atoms with Crippen LogP contribution in [0.5, 0.6) is 0 Å². The molecule has 2 heterocycles. The number of unbranched alkanes of at least 4 members (excludes halogenated alkanes) is 4. The standard InChI is InChI=1S/C23H27NO4/c1-4-6-7-8-9-11-19(25)20-18-13-15-12-16(10-5-2)24-14-17(15)21(26)23(18,3)28-22(20)27/h5,10,12-14,25H,4,6-9,11H2,1-3H3/b10-5+,20-19+. The number of Topliss-reactive ketones (excluding diaryl/α,β-unsaturated/α-hetero) is 1. The van der Waals surface area contributed by atoms with Gasteiger partial charge in [0.05, 0.1) is 5.69 Å². The van der Waals surface area contributed by atoms with Gasteiger partial charge in [0.15, 0.2) is 5.60 Å². The summed E-state index contributed by atoms with van der Waals surface area (Å²) >= 11 is 0. The van der Waals surface area contributed by atoms with Crippen LogP contribution in [0.1, 0.15) is 80.9 Å². The van der Waals surface area contributed by atoms with Crippen molar-refractivity contribution in [1.29, 1.82) is 0 Å². The second-order valence-electron chi connectivity index (χ2n) is 7.49. The molecule has 1 aliphatic carbocycles. The summed E-state index contributed by atoms with van der Waals surface area (Å²) in [4.78, 5) is 29.9. The molecule has 148 valence electrons. The Hall–Kier alpha value is -2.69. The summed E-state index contributed by atoms with van der Waals surface area (Å²) in [5.74, 6) is -0.934. The Labute approximate surface area is 165 Å². The van der Waals surface area contributed by atoms with E-state index in [1.54, 1.807) is 13.0 Å². The molecular weight excluding hydrogens is 354 g/mol. The first kappa shape index (κ1) is 20.1. The van der Waals surface area contributed by atoms with Gasteiger partial charge in [-0.2, -0.15) is 0 Å². The number of pyridine rings is 1. The fourth-order valence-electron chi connectivity index (χ4n) is 3.78. The first-order chi connectivity index (χ1) is 13.4. The lowest BCUT2D eigenvalue weighted by Crippen LogP contribution is -2.39. The Morgan fingerprint density at radius 2 is 2.00 bits per heavy atom. The molecule has 28 heavy (non-hydrogen) atoms. The summed E-state index contributed by atoms with van der Waals surface area (Å²) in [6.45, 7) is 5.63. The molecule has 2 aliphatic rings. The van der Waals surface area contributed by atoms with Gasteiger partial charge in [0.2, 0.25) is 5.78 Å². The molecule has 0 amide bonds. The molecular formula is C23H27NO4. The molecule has 3 rings (SSSR count). The lowest BCUT2D eigenvalue weighted by molar-refractivity contribution is -0.141. The van der Waals surface area contributed by atoms with E-state index in [4.69, 9.17) is 4.74 Å². The average Bonchev–Trinajstić information content (AvgIpc) is 2.92. The van der Waals surface area contributed by atoms with Gasteiger partial charge in [0.1, 0.15) is 11.3 Å². The van der Waals surface area contributed by atoms with E-state index in [1.165, 1.54) is 6.20 Å². The number of hydrogen-bond acceptors (Lipinski definition) is 5. The average molecular weight is 381 g/mol. The van der Waals surface area contributed by atoms with Gasteiger partial charge < -0.3 is 9.84 Å². The number of carbonyl (C=O) groups excluding carboxylic acids is 2. The van der Waals surface area contributed by atoms with Crippen molar-refractivity contribution in [3.8, 4) is 0 Å². The van der Waals surface area contributed by atoms with Crippen LogP contribution in [0.3, 0.4) is 0 Å². The molecule has 0 radical (unpaired) electrons. The van der Waals surface area contributed by atoms with Crippen LogP contribution < -0.4 is 0 Å². The predicted molar refractivity (Wildman–Crippen MR) is 109 cm³/mol. The van der Waals surface area contributed by atoms with Crippen molar-refractivity contribution in [2.75, 3.05) is 0 Å². The van der Waals surface area contributed by atoms with Crippen LogP contribution in [-0.4, -0.2) is 27.4 Å². The van der Waals surface area contributed by atoms with Crippen LogP contribution in [0.25, 0.3) is 12.2 Å². The van der Waals surface area contributed by atoms with E-state index in [-0.39, 0.29) is 17.1 Å². The SMILES string of the molecule is C/C=C/c1cc2c(cn1)C(=O)C1(C)OC(=O)/C(=C(/O)CCCCCCC)C1=C2. The van der Waals surface area contributed by atoms with Gasteiger partial charge >= 0.3 is 5.97 Å². The molecule has 1 unspecified atom stereocenters. The number of aliphatic hydroxyl groups is 1. The molecule has 0 bridgehead atoms. The van der Waals surface area contributed by atoms with E-state index in [2.05, 4.69) is 11.9 Å². The number of hydrogen-bond donors (Lipinski definition) is 1. The van der Waals surface area contributed by atoms with E-state index in [0.29, 0.717) is 23.1 Å². The Morgan fingerprint density at radius 1 is 1.25 bits per heavy atom. The van der Waals surface area contributed by atoms with Crippen molar-refractivity contribution >= 4 is 23.9 Å². The third-order valence-electron chi connectivity index (χ3n) is 5.36. The Morgan fingerprint density at radius 3 is 2.71 bits per heavy atom. The molecule has 0 spiro atoms. The van der Waals surface area contributed by atoms with Crippen molar-refractivity contribution in [2.45, 2.75) is 64.9 Å². The van der Waals surface area contributed by atoms with Crippen LogP contribution >= 0.6 is 0 Å². The fourth-order valence-corrected chi connectivity index (χ4v) is 3.78. The van der Waals surface area contributed by atoms with Crippen LogP contribution in [0.2, 0.25) is 0 Å². The summed E-state index contributed by atoms with van der Waals surface area (Å²) in [5, 5.41) is 10.6. The molecule has 5 heteroatoms. The number of carbonyl (C=O) groups is 2.